The minimum absolute atomic E-state index is 0.106. The lowest BCUT2D eigenvalue weighted by atomic mass is 9.92. The smallest absolute Gasteiger partial charge is 0.241 e. The summed E-state index contributed by atoms with van der Waals surface area (Å²) in [5.41, 5.74) is 6.81. The highest BCUT2D eigenvalue weighted by Crippen LogP contribution is 2.34. The largest absolute Gasteiger partial charge is 0.457 e. The zero-order valence-electron chi connectivity index (χ0n) is 15.8. The van der Waals surface area contributed by atoms with Crippen LogP contribution in [0.4, 0.5) is 10.1 Å². The number of halogens is 1. The summed E-state index contributed by atoms with van der Waals surface area (Å²) >= 11 is 0. The lowest BCUT2D eigenvalue weighted by Crippen LogP contribution is -2.44. The maximum absolute atomic E-state index is 13.1. The quantitative estimate of drug-likeness (QED) is 0.685. The number of fused-ring (bicyclic) bond motifs is 1. The van der Waals surface area contributed by atoms with Crippen LogP contribution in [-0.4, -0.2) is 30.1 Å². The van der Waals surface area contributed by atoms with Crippen LogP contribution in [0, 0.1) is 11.7 Å². The average molecular weight is 395 g/mol. The predicted octanol–water partition coefficient (Wildman–Crippen LogP) is 3.86. The molecule has 1 aromatic heterocycles. The van der Waals surface area contributed by atoms with Crippen molar-refractivity contribution in [2.45, 2.75) is 18.9 Å². The van der Waals surface area contributed by atoms with Gasteiger partial charge in [-0.05, 0) is 61.2 Å². The first-order valence-electron chi connectivity index (χ1n) is 9.56. The molecule has 0 spiro atoms. The maximum Gasteiger partial charge on any atom is 0.241 e. The monoisotopic (exact) mass is 395 g/mol. The van der Waals surface area contributed by atoms with Crippen LogP contribution in [0.3, 0.4) is 0 Å². The Balaban J connectivity index is 1.57. The molecular weight excluding hydrogens is 373 g/mol. The highest BCUT2D eigenvalue weighted by Gasteiger charge is 2.27. The second-order valence-corrected chi connectivity index (χ2v) is 7.05. The third-order valence-corrected chi connectivity index (χ3v) is 5.15. The van der Waals surface area contributed by atoms with E-state index < -0.39 is 6.04 Å². The number of aromatic nitrogens is 1. The summed E-state index contributed by atoms with van der Waals surface area (Å²) < 4.78 is 24.4. The lowest BCUT2D eigenvalue weighted by Gasteiger charge is -2.27. The molecule has 0 saturated carbocycles. The molecule has 0 bridgehead atoms. The van der Waals surface area contributed by atoms with E-state index in [9.17, 15) is 9.18 Å². The van der Waals surface area contributed by atoms with E-state index in [1.165, 1.54) is 12.1 Å². The Morgan fingerprint density at radius 3 is 2.66 bits per heavy atom. The van der Waals surface area contributed by atoms with Gasteiger partial charge in [-0.1, -0.05) is 0 Å². The molecule has 29 heavy (non-hydrogen) atoms. The normalized spacial score (nSPS) is 15.8. The van der Waals surface area contributed by atoms with Gasteiger partial charge in [-0.15, -0.1) is 0 Å². The van der Waals surface area contributed by atoms with Crippen molar-refractivity contribution in [3.8, 4) is 11.5 Å². The summed E-state index contributed by atoms with van der Waals surface area (Å²) in [6.45, 7) is 1.27. The van der Waals surface area contributed by atoms with Crippen molar-refractivity contribution in [3.63, 3.8) is 0 Å². The summed E-state index contributed by atoms with van der Waals surface area (Å²) in [7, 11) is 0. The van der Waals surface area contributed by atoms with Crippen molar-refractivity contribution in [1.82, 2.24) is 4.98 Å². The number of hydrogen-bond donors (Lipinski definition) is 2. The van der Waals surface area contributed by atoms with E-state index >= 15 is 0 Å². The van der Waals surface area contributed by atoms with Crippen molar-refractivity contribution in [3.05, 3.63) is 60.7 Å². The molecule has 1 amide bonds. The fraction of sp³-hybridized carbons (Fsp3) is 0.273. The van der Waals surface area contributed by atoms with Gasteiger partial charge in [-0.3, -0.25) is 9.78 Å². The van der Waals surface area contributed by atoms with Gasteiger partial charge in [0.2, 0.25) is 5.91 Å². The van der Waals surface area contributed by atoms with Crippen LogP contribution >= 0.6 is 0 Å². The third-order valence-electron chi connectivity index (χ3n) is 5.15. The number of carbonyl (C=O) groups is 1. The molecule has 3 N–H and O–H groups in total. The Hall–Kier alpha value is -3.03. The number of nitrogens with zero attached hydrogens (tertiary/aromatic N) is 1. The molecular formula is C22H22FN3O3. The van der Waals surface area contributed by atoms with Crippen LogP contribution in [-0.2, 0) is 9.53 Å². The van der Waals surface area contributed by atoms with E-state index in [2.05, 4.69) is 10.3 Å². The number of anilines is 1. The Morgan fingerprint density at radius 2 is 1.90 bits per heavy atom. The molecule has 150 valence electrons. The topological polar surface area (TPSA) is 86.5 Å². The summed E-state index contributed by atoms with van der Waals surface area (Å²) in [5.74, 6) is 0.650. The van der Waals surface area contributed by atoms with E-state index in [1.807, 2.05) is 6.07 Å². The first-order chi connectivity index (χ1) is 14.1. The standard InChI is InChI=1S/C22H22FN3O3/c23-15-1-3-16(4-2-15)29-20-6-5-19(18-13-25-10-7-17(18)20)26-22(27)21(24)14-8-11-28-12-9-14/h1-7,10,13-14,21H,8-9,11-12,24H2,(H,26,27). The summed E-state index contributed by atoms with van der Waals surface area (Å²) in [4.78, 5) is 16.9. The number of pyridine rings is 1. The molecule has 1 fully saturated rings. The van der Waals surface area contributed by atoms with Crippen molar-refractivity contribution in [1.29, 1.82) is 0 Å². The fourth-order valence-corrected chi connectivity index (χ4v) is 3.50. The SMILES string of the molecule is NC(C(=O)Nc1ccc(Oc2ccc(F)cc2)c2ccncc12)C1CCOCC1. The van der Waals surface area contributed by atoms with E-state index in [4.69, 9.17) is 15.2 Å². The van der Waals surface area contributed by atoms with E-state index in [0.717, 1.165) is 23.6 Å². The van der Waals surface area contributed by atoms with Gasteiger partial charge in [0.1, 0.15) is 17.3 Å². The Morgan fingerprint density at radius 1 is 1.14 bits per heavy atom. The molecule has 1 aliphatic rings. The number of ether oxygens (including phenoxy) is 2. The van der Waals surface area contributed by atoms with Crippen LogP contribution in [0.2, 0.25) is 0 Å². The van der Waals surface area contributed by atoms with Crippen molar-refractivity contribution in [2.75, 3.05) is 18.5 Å². The molecule has 4 rings (SSSR count). The third kappa shape index (κ3) is 4.36. The van der Waals surface area contributed by atoms with Gasteiger partial charge in [0.15, 0.2) is 0 Å². The van der Waals surface area contributed by atoms with Crippen LogP contribution in [0.25, 0.3) is 10.8 Å². The maximum atomic E-state index is 13.1. The summed E-state index contributed by atoms with van der Waals surface area (Å²) in [6, 6.07) is 10.5. The Bertz CT molecular complexity index is 1000. The molecule has 1 saturated heterocycles. The zero-order valence-corrected chi connectivity index (χ0v) is 15.8. The molecule has 0 radical (unpaired) electrons. The Labute approximate surface area is 167 Å². The first kappa shape index (κ1) is 19.3. The number of nitrogens with one attached hydrogen (secondary N) is 1. The second kappa shape index (κ2) is 8.55. The van der Waals surface area contributed by atoms with Crippen molar-refractivity contribution < 1.29 is 18.7 Å². The molecule has 3 aromatic rings. The summed E-state index contributed by atoms with van der Waals surface area (Å²) in [6.07, 6.45) is 4.88. The van der Waals surface area contributed by atoms with Crippen molar-refractivity contribution >= 4 is 22.4 Å². The van der Waals surface area contributed by atoms with Gasteiger partial charge in [0, 0.05) is 36.4 Å². The molecule has 1 unspecified atom stereocenters. The minimum atomic E-state index is -0.597. The van der Waals surface area contributed by atoms with Crippen molar-refractivity contribution in [2.24, 2.45) is 11.7 Å². The van der Waals surface area contributed by atoms with E-state index in [-0.39, 0.29) is 17.6 Å². The number of benzene rings is 2. The molecule has 2 aromatic carbocycles. The number of rotatable bonds is 5. The number of amides is 1. The van der Waals surface area contributed by atoms with Gasteiger partial charge in [-0.2, -0.15) is 0 Å². The number of nitrogens with two attached hydrogens (primary N) is 1. The average Bonchev–Trinajstić information content (AvgIpc) is 2.77. The van der Waals surface area contributed by atoms with Gasteiger partial charge in [-0.25, -0.2) is 4.39 Å². The molecule has 1 atom stereocenters. The van der Waals surface area contributed by atoms with Gasteiger partial charge >= 0.3 is 0 Å². The van der Waals surface area contributed by atoms with E-state index in [1.54, 1.807) is 36.7 Å². The summed E-state index contributed by atoms with van der Waals surface area (Å²) in [5, 5.41) is 4.45. The number of carbonyl (C=O) groups excluding carboxylic acids is 1. The zero-order chi connectivity index (χ0) is 20.2. The molecule has 2 heterocycles. The highest BCUT2D eigenvalue weighted by molar-refractivity contribution is 6.05. The number of hydrogen-bond acceptors (Lipinski definition) is 5. The van der Waals surface area contributed by atoms with Crippen LogP contribution in [0.1, 0.15) is 12.8 Å². The van der Waals surface area contributed by atoms with Gasteiger partial charge in [0.05, 0.1) is 11.7 Å². The predicted molar refractivity (Wildman–Crippen MR) is 108 cm³/mol. The van der Waals surface area contributed by atoms with Crippen LogP contribution < -0.4 is 15.8 Å². The minimum Gasteiger partial charge on any atom is -0.457 e. The molecule has 7 heteroatoms. The fourth-order valence-electron chi connectivity index (χ4n) is 3.50. The lowest BCUT2D eigenvalue weighted by molar-refractivity contribution is -0.119. The van der Waals surface area contributed by atoms with E-state index in [0.29, 0.717) is 30.4 Å². The van der Waals surface area contributed by atoms with Gasteiger partial charge in [0.25, 0.3) is 0 Å². The van der Waals surface area contributed by atoms with Crippen LogP contribution in [0.5, 0.6) is 11.5 Å². The molecule has 1 aliphatic heterocycles. The van der Waals surface area contributed by atoms with Crippen LogP contribution in [0.15, 0.2) is 54.9 Å². The first-order valence-corrected chi connectivity index (χ1v) is 9.56. The highest BCUT2D eigenvalue weighted by atomic mass is 19.1. The second-order valence-electron chi connectivity index (χ2n) is 7.05. The molecule has 0 aliphatic carbocycles. The van der Waals surface area contributed by atoms with Gasteiger partial charge < -0.3 is 20.5 Å². The molecule has 6 nitrogen and oxygen atoms in total. The Kier molecular flexibility index (Phi) is 5.69.